The molecule has 0 aromatic heterocycles. The number of nitrogens with one attached hydrogen (secondary N) is 1. The molecule has 1 aromatic carbocycles. The van der Waals surface area contributed by atoms with Crippen LogP contribution in [0.25, 0.3) is 0 Å². The highest BCUT2D eigenvalue weighted by Crippen LogP contribution is 2.27. The molecule has 1 heterocycles. The second-order valence-corrected chi connectivity index (χ2v) is 5.51. The summed E-state index contributed by atoms with van der Waals surface area (Å²) < 4.78 is 5.06. The van der Waals surface area contributed by atoms with Crippen LogP contribution in [0.2, 0.25) is 0 Å². The van der Waals surface area contributed by atoms with E-state index in [4.69, 9.17) is 9.84 Å². The van der Waals surface area contributed by atoms with Gasteiger partial charge in [0, 0.05) is 11.8 Å². The first-order valence-corrected chi connectivity index (χ1v) is 7.07. The summed E-state index contributed by atoms with van der Waals surface area (Å²) in [4.78, 5) is 22.3. The predicted octanol–water partition coefficient (Wildman–Crippen LogP) is 1.98. The van der Waals surface area contributed by atoms with E-state index in [2.05, 4.69) is 5.32 Å². The number of hydrogen-bond donors (Lipinski definition) is 2. The van der Waals surface area contributed by atoms with E-state index < -0.39 is 12.6 Å². The summed E-state index contributed by atoms with van der Waals surface area (Å²) in [6.07, 6.45) is 1.98. The second kappa shape index (κ2) is 6.47. The summed E-state index contributed by atoms with van der Waals surface area (Å²) in [7, 11) is 0. The lowest BCUT2D eigenvalue weighted by molar-refractivity contribution is -0.139. The average Bonchev–Trinajstić information content (AvgIpc) is 2.91. The van der Waals surface area contributed by atoms with Crippen molar-refractivity contribution in [1.29, 1.82) is 0 Å². The molecule has 1 unspecified atom stereocenters. The first-order valence-electron chi connectivity index (χ1n) is 6.02. The summed E-state index contributed by atoms with van der Waals surface area (Å²) in [5.41, 5.74) is 0.625. The Morgan fingerprint density at radius 2 is 2.32 bits per heavy atom. The Balaban J connectivity index is 1.94. The molecule has 0 aliphatic carbocycles. The highest BCUT2D eigenvalue weighted by molar-refractivity contribution is 8.00. The monoisotopic (exact) mass is 281 g/mol. The number of rotatable bonds is 5. The molecule has 0 saturated carbocycles. The van der Waals surface area contributed by atoms with Crippen LogP contribution in [-0.2, 0) is 9.59 Å². The van der Waals surface area contributed by atoms with Gasteiger partial charge in [0.15, 0.2) is 6.61 Å². The maximum absolute atomic E-state index is 11.9. The van der Waals surface area contributed by atoms with E-state index in [1.807, 2.05) is 0 Å². The van der Waals surface area contributed by atoms with E-state index in [-0.39, 0.29) is 11.2 Å². The Morgan fingerprint density at radius 1 is 1.47 bits per heavy atom. The molecule has 1 aromatic rings. The number of carboxylic acid groups (broad SMARTS) is 1. The summed E-state index contributed by atoms with van der Waals surface area (Å²) in [5, 5.41) is 11.4. The van der Waals surface area contributed by atoms with Crippen molar-refractivity contribution < 1.29 is 19.4 Å². The van der Waals surface area contributed by atoms with Gasteiger partial charge in [0.05, 0.1) is 5.25 Å². The molecule has 1 saturated heterocycles. The van der Waals surface area contributed by atoms with E-state index in [0.29, 0.717) is 11.4 Å². The Hall–Kier alpha value is -1.69. The molecule has 1 aliphatic heterocycles. The number of amides is 1. The minimum Gasteiger partial charge on any atom is -0.482 e. The third kappa shape index (κ3) is 4.17. The molecule has 2 rings (SSSR count). The van der Waals surface area contributed by atoms with Crippen LogP contribution in [0.3, 0.4) is 0 Å². The number of thioether (sulfide) groups is 1. The van der Waals surface area contributed by atoms with Crippen LogP contribution >= 0.6 is 11.8 Å². The lowest BCUT2D eigenvalue weighted by atomic mass is 10.2. The predicted molar refractivity (Wildman–Crippen MR) is 73.7 cm³/mol. The lowest BCUT2D eigenvalue weighted by Crippen LogP contribution is -2.22. The maximum atomic E-state index is 11.9. The smallest absolute Gasteiger partial charge is 0.341 e. The average molecular weight is 281 g/mol. The molecule has 0 spiro atoms. The van der Waals surface area contributed by atoms with Gasteiger partial charge in [-0.15, -0.1) is 11.8 Å². The third-order valence-electron chi connectivity index (χ3n) is 2.69. The van der Waals surface area contributed by atoms with Gasteiger partial charge in [0.1, 0.15) is 5.75 Å². The molecular formula is C13H15NO4S. The van der Waals surface area contributed by atoms with Crippen molar-refractivity contribution in [3.8, 4) is 5.75 Å². The van der Waals surface area contributed by atoms with Crippen LogP contribution in [0.4, 0.5) is 5.69 Å². The van der Waals surface area contributed by atoms with Crippen LogP contribution in [0.15, 0.2) is 24.3 Å². The zero-order valence-corrected chi connectivity index (χ0v) is 11.1. The van der Waals surface area contributed by atoms with Crippen LogP contribution in [0.1, 0.15) is 12.8 Å². The molecule has 1 atom stereocenters. The lowest BCUT2D eigenvalue weighted by Gasteiger charge is -2.11. The van der Waals surface area contributed by atoms with Gasteiger partial charge in [-0.1, -0.05) is 6.07 Å². The largest absolute Gasteiger partial charge is 0.482 e. The minimum absolute atomic E-state index is 0.00196. The number of aliphatic carboxylic acids is 1. The first kappa shape index (κ1) is 13.7. The number of benzene rings is 1. The van der Waals surface area contributed by atoms with E-state index in [0.717, 1.165) is 18.6 Å². The number of anilines is 1. The normalized spacial score (nSPS) is 18.0. The topological polar surface area (TPSA) is 75.6 Å². The molecule has 19 heavy (non-hydrogen) atoms. The fraction of sp³-hybridized carbons (Fsp3) is 0.385. The number of carbonyl (C=O) groups is 2. The molecule has 1 fully saturated rings. The molecule has 102 valence electrons. The maximum Gasteiger partial charge on any atom is 0.341 e. The third-order valence-corrected chi connectivity index (χ3v) is 4.06. The van der Waals surface area contributed by atoms with E-state index in [9.17, 15) is 9.59 Å². The van der Waals surface area contributed by atoms with Crippen molar-refractivity contribution in [3.05, 3.63) is 24.3 Å². The highest BCUT2D eigenvalue weighted by atomic mass is 32.2. The zero-order chi connectivity index (χ0) is 13.7. The molecule has 0 bridgehead atoms. The Labute approximate surface area is 115 Å². The molecule has 1 amide bonds. The summed E-state index contributed by atoms with van der Waals surface area (Å²) in [6, 6.07) is 6.75. The molecule has 1 aliphatic rings. The van der Waals surface area contributed by atoms with Gasteiger partial charge in [-0.25, -0.2) is 4.79 Å². The summed E-state index contributed by atoms with van der Waals surface area (Å²) in [6.45, 7) is -0.393. The van der Waals surface area contributed by atoms with Gasteiger partial charge in [-0.2, -0.15) is 0 Å². The molecule has 0 radical (unpaired) electrons. The quantitative estimate of drug-likeness (QED) is 0.863. The van der Waals surface area contributed by atoms with Crippen molar-refractivity contribution in [1.82, 2.24) is 0 Å². The second-order valence-electron chi connectivity index (χ2n) is 4.20. The summed E-state index contributed by atoms with van der Waals surface area (Å²) >= 11 is 1.67. The SMILES string of the molecule is O=C(O)COc1cccc(NC(=O)C2CCCS2)c1. The van der Waals surface area contributed by atoms with E-state index >= 15 is 0 Å². The molecular weight excluding hydrogens is 266 g/mol. The van der Waals surface area contributed by atoms with Gasteiger partial charge >= 0.3 is 5.97 Å². The Morgan fingerprint density at radius 3 is 3.00 bits per heavy atom. The first-order chi connectivity index (χ1) is 9.15. The highest BCUT2D eigenvalue weighted by Gasteiger charge is 2.23. The Kier molecular flexibility index (Phi) is 4.68. The van der Waals surface area contributed by atoms with Crippen LogP contribution in [0.5, 0.6) is 5.75 Å². The van der Waals surface area contributed by atoms with Crippen molar-refractivity contribution in [2.75, 3.05) is 17.7 Å². The number of ether oxygens (including phenoxy) is 1. The van der Waals surface area contributed by atoms with Gasteiger partial charge in [-0.05, 0) is 30.7 Å². The number of hydrogen-bond acceptors (Lipinski definition) is 4. The van der Waals surface area contributed by atoms with Crippen molar-refractivity contribution >= 4 is 29.3 Å². The van der Waals surface area contributed by atoms with Crippen molar-refractivity contribution in [3.63, 3.8) is 0 Å². The standard InChI is InChI=1S/C13H15NO4S/c15-12(16)8-18-10-4-1-3-9(7-10)14-13(17)11-5-2-6-19-11/h1,3-4,7,11H,2,5-6,8H2,(H,14,17)(H,15,16). The van der Waals surface area contributed by atoms with Gasteiger partial charge < -0.3 is 15.2 Å². The zero-order valence-electron chi connectivity index (χ0n) is 10.3. The Bertz CT molecular complexity index is 471. The van der Waals surface area contributed by atoms with Gasteiger partial charge in [-0.3, -0.25) is 4.79 Å². The van der Waals surface area contributed by atoms with Crippen LogP contribution in [-0.4, -0.2) is 34.6 Å². The number of carboxylic acids is 1. The van der Waals surface area contributed by atoms with Crippen LogP contribution in [0, 0.1) is 0 Å². The van der Waals surface area contributed by atoms with Crippen LogP contribution < -0.4 is 10.1 Å². The molecule has 5 nitrogen and oxygen atoms in total. The number of carbonyl (C=O) groups excluding carboxylic acids is 1. The van der Waals surface area contributed by atoms with Crippen molar-refractivity contribution in [2.24, 2.45) is 0 Å². The minimum atomic E-state index is -1.03. The fourth-order valence-corrected chi connectivity index (χ4v) is 2.98. The van der Waals surface area contributed by atoms with E-state index in [1.165, 1.54) is 0 Å². The van der Waals surface area contributed by atoms with E-state index in [1.54, 1.807) is 36.0 Å². The van der Waals surface area contributed by atoms with Crippen molar-refractivity contribution in [2.45, 2.75) is 18.1 Å². The molecule has 2 N–H and O–H groups in total. The molecule has 6 heteroatoms. The fourth-order valence-electron chi connectivity index (χ4n) is 1.82. The van der Waals surface area contributed by atoms with Gasteiger partial charge in [0.2, 0.25) is 5.91 Å². The van der Waals surface area contributed by atoms with Gasteiger partial charge in [0.25, 0.3) is 0 Å². The summed E-state index contributed by atoms with van der Waals surface area (Å²) in [5.74, 6) is 0.425.